The lowest BCUT2D eigenvalue weighted by molar-refractivity contribution is -0.143. The summed E-state index contributed by atoms with van der Waals surface area (Å²) >= 11 is 0. The highest BCUT2D eigenvalue weighted by molar-refractivity contribution is 8.76. The number of guanidine groups is 1. The summed E-state index contributed by atoms with van der Waals surface area (Å²) in [5.74, 6) is -11.9. The van der Waals surface area contributed by atoms with Crippen molar-refractivity contribution in [2.75, 3.05) is 38.2 Å². The number of amides is 11. The van der Waals surface area contributed by atoms with E-state index in [-0.39, 0.29) is 62.7 Å². The molecule has 1 aromatic carbocycles. The number of nitrogens with one attached hydrogen (secondary N) is 8. The molecule has 1 aromatic rings. The molecule has 2 heterocycles. The third-order valence-corrected chi connectivity index (χ3v) is 13.9. The van der Waals surface area contributed by atoms with Crippen LogP contribution in [0.3, 0.4) is 0 Å². The van der Waals surface area contributed by atoms with Gasteiger partial charge in [-0.15, -0.1) is 0 Å². The SMILES string of the molecule is CCCC[C@@H]1NC(=O)[C@@H]2CCCN2C(=O)[C@H](CC(N)=O)NC(=O)[C@@H](NC(C)=O)CSSC[C@@H](C(N)=O)NC(=O)[C@H](CCCN=C(N)N)NC(=O)[C@H](Cc2ccc(OC)cc2)NC(=O)[C@H](CC(=O)O)NC(=O)CNC1=O. The number of aliphatic imine (C=N–C) groups is 1. The van der Waals surface area contributed by atoms with E-state index in [4.69, 9.17) is 27.7 Å². The molecule has 0 spiro atoms. The molecule has 2 fully saturated rings. The van der Waals surface area contributed by atoms with E-state index in [2.05, 4.69) is 47.5 Å². The van der Waals surface area contributed by atoms with Gasteiger partial charge in [-0.05, 0) is 49.8 Å². The maximum Gasteiger partial charge on any atom is 0.305 e. The minimum atomic E-state index is -1.84. The van der Waals surface area contributed by atoms with E-state index in [1.54, 1.807) is 24.3 Å². The third kappa shape index (κ3) is 21.6. The number of carbonyl (C=O) groups is 12. The molecule has 0 bridgehead atoms. The smallest absolute Gasteiger partial charge is 0.305 e. The van der Waals surface area contributed by atoms with Gasteiger partial charge in [-0.3, -0.25) is 62.5 Å². The topological polar surface area (TPSA) is 450 Å². The van der Waals surface area contributed by atoms with Gasteiger partial charge in [-0.25, -0.2) is 0 Å². The van der Waals surface area contributed by atoms with Crippen molar-refractivity contribution in [1.29, 1.82) is 0 Å². The van der Waals surface area contributed by atoms with Crippen LogP contribution in [0.4, 0.5) is 0 Å². The Morgan fingerprint density at radius 1 is 0.747 bits per heavy atom. The summed E-state index contributed by atoms with van der Waals surface area (Å²) in [4.78, 5) is 165. The van der Waals surface area contributed by atoms with Gasteiger partial charge in [0.1, 0.15) is 54.1 Å². The molecule has 28 nitrogen and oxygen atoms in total. The second-order valence-electron chi connectivity index (χ2n) is 17.5. The fourth-order valence-corrected chi connectivity index (χ4v) is 10.0. The average Bonchev–Trinajstić information content (AvgIpc) is 3.85. The van der Waals surface area contributed by atoms with Gasteiger partial charge < -0.3 is 80.2 Å². The first-order valence-corrected chi connectivity index (χ1v) is 26.4. The van der Waals surface area contributed by atoms with Crippen molar-refractivity contribution in [3.8, 4) is 5.75 Å². The number of carboxylic acid groups (broad SMARTS) is 1. The molecule has 2 aliphatic rings. The number of primary amides is 2. The lowest BCUT2D eigenvalue weighted by Gasteiger charge is -2.30. The molecule has 0 saturated carbocycles. The highest BCUT2D eigenvalue weighted by Crippen LogP contribution is 2.24. The average molecular weight is 1090 g/mol. The molecule has 30 heteroatoms. The van der Waals surface area contributed by atoms with Crippen molar-refractivity contribution in [3.05, 3.63) is 29.8 Å². The molecular weight excluding hydrogens is 1020 g/mol. The summed E-state index contributed by atoms with van der Waals surface area (Å²) in [6, 6.07) is -5.38. The largest absolute Gasteiger partial charge is 0.497 e. The molecule has 11 amide bonds. The summed E-state index contributed by atoms with van der Waals surface area (Å²) in [6.45, 7) is 2.13. The predicted octanol–water partition coefficient (Wildman–Crippen LogP) is -4.77. The van der Waals surface area contributed by atoms with Crippen LogP contribution in [0.2, 0.25) is 0 Å². The second kappa shape index (κ2) is 31.4. The highest BCUT2D eigenvalue weighted by Gasteiger charge is 2.40. The zero-order valence-corrected chi connectivity index (χ0v) is 43.4. The normalized spacial score (nSPS) is 24.3. The Bertz CT molecular complexity index is 2270. The first kappa shape index (κ1) is 61.9. The van der Waals surface area contributed by atoms with Crippen molar-refractivity contribution >= 4 is 98.5 Å². The Morgan fingerprint density at radius 3 is 1.96 bits per heavy atom. The summed E-state index contributed by atoms with van der Waals surface area (Å²) < 4.78 is 5.22. The van der Waals surface area contributed by atoms with E-state index in [1.165, 1.54) is 7.11 Å². The number of benzene rings is 1. The van der Waals surface area contributed by atoms with Crippen molar-refractivity contribution in [1.82, 2.24) is 47.4 Å². The van der Waals surface area contributed by atoms with Gasteiger partial charge in [0.15, 0.2) is 5.96 Å². The molecule has 0 aliphatic carbocycles. The number of aliphatic carboxylic acids is 1. The third-order valence-electron chi connectivity index (χ3n) is 11.5. The molecule has 8 atom stereocenters. The molecular formula is C45H68N14O14S2. The van der Waals surface area contributed by atoms with Gasteiger partial charge in [0.2, 0.25) is 65.0 Å². The van der Waals surface area contributed by atoms with Crippen molar-refractivity contribution in [2.24, 2.45) is 27.9 Å². The minimum absolute atomic E-state index is 0.00345. The predicted molar refractivity (Wildman–Crippen MR) is 273 cm³/mol. The van der Waals surface area contributed by atoms with Gasteiger partial charge in [-0.1, -0.05) is 53.5 Å². The molecule has 2 saturated heterocycles. The first-order chi connectivity index (χ1) is 35.5. The maximum absolute atomic E-state index is 14.3. The van der Waals surface area contributed by atoms with Crippen LogP contribution < -0.4 is 70.2 Å². The molecule has 17 N–H and O–H groups in total. The van der Waals surface area contributed by atoms with Crippen molar-refractivity contribution < 1.29 is 67.4 Å². The number of methoxy groups -OCH3 is 1. The van der Waals surface area contributed by atoms with E-state index in [0.717, 1.165) is 33.4 Å². The fraction of sp³-hybridized carbons (Fsp3) is 0.578. The molecule has 0 radical (unpaired) electrons. The van der Waals surface area contributed by atoms with Crippen molar-refractivity contribution in [2.45, 2.75) is 126 Å². The van der Waals surface area contributed by atoms with E-state index in [0.29, 0.717) is 30.6 Å². The molecule has 0 aromatic heterocycles. The van der Waals surface area contributed by atoms with Crippen LogP contribution in [0.1, 0.15) is 77.2 Å². The summed E-state index contributed by atoms with van der Waals surface area (Å²) in [5.41, 5.74) is 22.6. The lowest BCUT2D eigenvalue weighted by Crippen LogP contribution is -2.59. The van der Waals surface area contributed by atoms with E-state index in [1.807, 2.05) is 6.92 Å². The number of carboxylic acids is 1. The fourth-order valence-electron chi connectivity index (χ4n) is 7.69. The van der Waals surface area contributed by atoms with Gasteiger partial charge in [-0.2, -0.15) is 0 Å². The number of hydrogen-bond donors (Lipinski definition) is 13. The number of rotatable bonds is 16. The Morgan fingerprint density at radius 2 is 1.35 bits per heavy atom. The second-order valence-corrected chi connectivity index (χ2v) is 20.0. The number of fused-ring (bicyclic) bond motifs is 1. The molecule has 0 unspecified atom stereocenters. The zero-order valence-electron chi connectivity index (χ0n) is 41.8. The number of nitrogens with zero attached hydrogens (tertiary/aromatic N) is 2. The number of hydrogen-bond acceptors (Lipinski definition) is 16. The zero-order chi connectivity index (χ0) is 55.8. The van der Waals surface area contributed by atoms with Crippen LogP contribution in [0.25, 0.3) is 0 Å². The standard InChI is InChI=1S/C45H68N14O14S2/c1-4-5-8-26-38(66)51-20-35(62)53-29(19-36(63)64)41(69)56-28(17-24-11-13-25(73-3)14-12-24)40(68)54-27(9-6-15-50-45(48)49)39(67)58-31(37(47)65)21-74-75-22-32(52-23(2)60)42(70)57-30(18-34(46)61)44(72)59-16-7-10-33(59)43(71)55-26/h11-14,26-33H,4-10,15-22H2,1-3H3,(H2,46,61)(H2,47,65)(H,51,66)(H,52,60)(H,53,62)(H,54,68)(H,55,71)(H,56,69)(H,57,70)(H,58,67)(H,63,64)(H4,48,49,50)/t26-,27-,28-,29-,30-,31-,32-,33-/m0/s1. The Balaban J connectivity index is 2.10. The molecule has 414 valence electrons. The summed E-state index contributed by atoms with van der Waals surface area (Å²) in [5, 5.41) is 29.5. The highest BCUT2D eigenvalue weighted by atomic mass is 33.1. The number of unbranched alkanes of at least 4 members (excludes halogenated alkanes) is 1. The number of nitrogens with two attached hydrogens (primary N) is 4. The van der Waals surface area contributed by atoms with Crippen LogP contribution in [0.15, 0.2) is 29.3 Å². The van der Waals surface area contributed by atoms with Crippen LogP contribution in [0, 0.1) is 0 Å². The van der Waals surface area contributed by atoms with Crippen molar-refractivity contribution in [3.63, 3.8) is 0 Å². The van der Waals surface area contributed by atoms with E-state index < -0.39 is 139 Å². The van der Waals surface area contributed by atoms with Crippen LogP contribution >= 0.6 is 21.6 Å². The monoisotopic (exact) mass is 1090 g/mol. The number of carbonyl (C=O) groups excluding carboxylic acids is 11. The van der Waals surface area contributed by atoms with E-state index >= 15 is 0 Å². The number of ether oxygens (including phenoxy) is 1. The van der Waals surface area contributed by atoms with Gasteiger partial charge in [0, 0.05) is 37.9 Å². The van der Waals surface area contributed by atoms with Crippen LogP contribution in [0.5, 0.6) is 5.75 Å². The van der Waals surface area contributed by atoms with Gasteiger partial charge >= 0.3 is 5.97 Å². The van der Waals surface area contributed by atoms with Gasteiger partial charge in [0.25, 0.3) is 0 Å². The summed E-state index contributed by atoms with van der Waals surface area (Å²) in [7, 11) is 3.33. The van der Waals surface area contributed by atoms with Gasteiger partial charge in [0.05, 0.1) is 26.5 Å². The Labute approximate surface area is 440 Å². The van der Waals surface area contributed by atoms with E-state index in [9.17, 15) is 62.6 Å². The molecule has 75 heavy (non-hydrogen) atoms. The molecule has 2 aliphatic heterocycles. The Kier molecular flexibility index (Phi) is 25.9. The van der Waals surface area contributed by atoms with Crippen LogP contribution in [-0.4, -0.2) is 173 Å². The quantitative estimate of drug-likeness (QED) is 0.0320. The maximum atomic E-state index is 14.3. The Hall–Kier alpha value is -7.37. The lowest BCUT2D eigenvalue weighted by atomic mass is 10.0. The molecule has 3 rings (SSSR count). The first-order valence-electron chi connectivity index (χ1n) is 23.9. The minimum Gasteiger partial charge on any atom is -0.497 e. The van der Waals surface area contributed by atoms with Crippen LogP contribution in [-0.2, 0) is 64.0 Å². The summed E-state index contributed by atoms with van der Waals surface area (Å²) in [6.07, 6.45) is -0.541.